The minimum atomic E-state index is -0.427. The van der Waals surface area contributed by atoms with Crippen molar-refractivity contribution in [3.63, 3.8) is 0 Å². The van der Waals surface area contributed by atoms with Crippen LogP contribution in [0.15, 0.2) is 41.0 Å². The van der Waals surface area contributed by atoms with Gasteiger partial charge in [-0.2, -0.15) is 0 Å². The molecule has 2 aromatic rings. The molecule has 1 heterocycles. The first kappa shape index (κ1) is 17.1. The fraction of sp³-hybridized carbons (Fsp3) is 0.250. The van der Waals surface area contributed by atoms with Crippen molar-refractivity contribution in [2.24, 2.45) is 5.73 Å². The first-order chi connectivity index (χ1) is 11.0. The van der Waals surface area contributed by atoms with Crippen LogP contribution in [-0.2, 0) is 4.79 Å². The van der Waals surface area contributed by atoms with Crippen molar-refractivity contribution in [3.8, 4) is 0 Å². The molecule has 1 aromatic heterocycles. The van der Waals surface area contributed by atoms with Crippen LogP contribution in [0, 0.1) is 0 Å². The molecule has 0 spiro atoms. The van der Waals surface area contributed by atoms with E-state index in [0.29, 0.717) is 29.2 Å². The lowest BCUT2D eigenvalue weighted by Crippen LogP contribution is -2.20. The Morgan fingerprint density at radius 3 is 2.70 bits per heavy atom. The number of benzene rings is 1. The van der Waals surface area contributed by atoms with Crippen LogP contribution in [-0.4, -0.2) is 17.9 Å². The number of hydrogen-bond acceptors (Lipinski definition) is 4. The van der Waals surface area contributed by atoms with Gasteiger partial charge in [0, 0.05) is 17.5 Å². The average Bonchev–Trinajstić information content (AvgIpc) is 3.02. The summed E-state index contributed by atoms with van der Waals surface area (Å²) in [6.45, 7) is 1.84. The van der Waals surface area contributed by atoms with E-state index in [0.717, 1.165) is 0 Å². The Morgan fingerprint density at radius 2 is 2.04 bits per heavy atom. The Hall–Kier alpha value is -2.31. The lowest BCUT2D eigenvalue weighted by atomic mass is 10.2. The van der Waals surface area contributed by atoms with E-state index in [-0.39, 0.29) is 17.7 Å². The molecule has 23 heavy (non-hydrogen) atoms. The Kier molecular flexibility index (Phi) is 5.78. The first-order valence-corrected chi connectivity index (χ1v) is 7.53. The van der Waals surface area contributed by atoms with Gasteiger partial charge in [0.15, 0.2) is 5.76 Å². The second-order valence-electron chi connectivity index (χ2n) is 5.19. The highest BCUT2D eigenvalue weighted by Gasteiger charge is 2.13. The molecule has 0 aliphatic rings. The molecule has 7 heteroatoms. The maximum Gasteiger partial charge on any atom is 0.291 e. The van der Waals surface area contributed by atoms with E-state index in [9.17, 15) is 9.59 Å². The van der Waals surface area contributed by atoms with Crippen LogP contribution in [0.5, 0.6) is 0 Å². The summed E-state index contributed by atoms with van der Waals surface area (Å²) < 4.78 is 5.04. The van der Waals surface area contributed by atoms with Gasteiger partial charge in [-0.25, -0.2) is 0 Å². The highest BCUT2D eigenvalue weighted by Crippen LogP contribution is 2.26. The van der Waals surface area contributed by atoms with Gasteiger partial charge < -0.3 is 20.8 Å². The fourth-order valence-electron chi connectivity index (χ4n) is 1.89. The van der Waals surface area contributed by atoms with Crippen molar-refractivity contribution in [3.05, 3.63) is 47.4 Å². The van der Waals surface area contributed by atoms with E-state index < -0.39 is 5.91 Å². The number of halogens is 1. The Labute approximate surface area is 139 Å². The molecule has 0 aliphatic carbocycles. The van der Waals surface area contributed by atoms with E-state index in [2.05, 4.69) is 10.6 Å². The highest BCUT2D eigenvalue weighted by molar-refractivity contribution is 6.31. The van der Waals surface area contributed by atoms with Crippen molar-refractivity contribution in [1.82, 2.24) is 0 Å². The standard InChI is InChI=1S/C16H18ClN3O3/c1-10(18)4-7-15(21)19-12-6-5-11(17)9-13(12)20-16(22)14-3-2-8-23-14/h2-3,5-6,8-10H,4,7,18H2,1H3,(H,19,21)(H,20,22). The number of carbonyl (C=O) groups excluding carboxylic acids is 2. The van der Waals surface area contributed by atoms with Gasteiger partial charge in [-0.3, -0.25) is 9.59 Å². The molecule has 122 valence electrons. The lowest BCUT2D eigenvalue weighted by Gasteiger charge is -2.13. The number of nitrogens with two attached hydrogens (primary N) is 1. The molecule has 0 bridgehead atoms. The molecule has 0 aliphatic heterocycles. The van der Waals surface area contributed by atoms with Crippen molar-refractivity contribution in [2.45, 2.75) is 25.8 Å². The van der Waals surface area contributed by atoms with Crippen molar-refractivity contribution < 1.29 is 14.0 Å². The largest absolute Gasteiger partial charge is 0.459 e. The fourth-order valence-corrected chi connectivity index (χ4v) is 2.06. The Morgan fingerprint density at radius 1 is 1.26 bits per heavy atom. The summed E-state index contributed by atoms with van der Waals surface area (Å²) in [5, 5.41) is 5.85. The van der Waals surface area contributed by atoms with Crippen molar-refractivity contribution in [1.29, 1.82) is 0 Å². The van der Waals surface area contributed by atoms with Crippen molar-refractivity contribution in [2.75, 3.05) is 10.6 Å². The molecule has 6 nitrogen and oxygen atoms in total. The molecule has 1 unspecified atom stereocenters. The summed E-state index contributed by atoms with van der Waals surface area (Å²) in [5.74, 6) is -0.444. The first-order valence-electron chi connectivity index (χ1n) is 7.15. The smallest absolute Gasteiger partial charge is 0.291 e. The predicted octanol–water partition coefficient (Wildman–Crippen LogP) is 3.25. The van der Waals surface area contributed by atoms with Crippen molar-refractivity contribution >= 4 is 34.8 Å². The number of furan rings is 1. The molecule has 0 fully saturated rings. The van der Waals surface area contributed by atoms with Gasteiger partial charge in [0.05, 0.1) is 17.6 Å². The molecule has 1 aromatic carbocycles. The molecule has 2 amide bonds. The lowest BCUT2D eigenvalue weighted by molar-refractivity contribution is -0.116. The van der Waals surface area contributed by atoms with E-state index in [4.69, 9.17) is 21.8 Å². The number of rotatable bonds is 6. The van der Waals surface area contributed by atoms with Gasteiger partial charge in [0.25, 0.3) is 5.91 Å². The maximum atomic E-state index is 12.1. The SMILES string of the molecule is CC(N)CCC(=O)Nc1ccc(Cl)cc1NC(=O)c1ccco1. The number of carbonyl (C=O) groups is 2. The predicted molar refractivity (Wildman–Crippen MR) is 89.6 cm³/mol. The zero-order chi connectivity index (χ0) is 16.8. The average molecular weight is 336 g/mol. The summed E-state index contributed by atoms with van der Waals surface area (Å²) >= 11 is 5.96. The van der Waals surface area contributed by atoms with E-state index >= 15 is 0 Å². The van der Waals surface area contributed by atoms with E-state index in [1.807, 2.05) is 6.92 Å². The van der Waals surface area contributed by atoms with Crippen LogP contribution >= 0.6 is 11.6 Å². The van der Waals surface area contributed by atoms with Crippen LogP contribution in [0.25, 0.3) is 0 Å². The third-order valence-electron chi connectivity index (χ3n) is 3.08. The van der Waals surface area contributed by atoms with Crippen LogP contribution in [0.1, 0.15) is 30.3 Å². The van der Waals surface area contributed by atoms with Crippen LogP contribution in [0.2, 0.25) is 5.02 Å². The molecular weight excluding hydrogens is 318 g/mol. The minimum Gasteiger partial charge on any atom is -0.459 e. The quantitative estimate of drug-likeness (QED) is 0.754. The van der Waals surface area contributed by atoms with Gasteiger partial charge in [-0.05, 0) is 43.7 Å². The second-order valence-corrected chi connectivity index (χ2v) is 5.62. The molecular formula is C16H18ClN3O3. The summed E-state index contributed by atoms with van der Waals surface area (Å²) in [5.41, 5.74) is 6.50. The monoisotopic (exact) mass is 335 g/mol. The van der Waals surface area contributed by atoms with E-state index in [1.54, 1.807) is 30.3 Å². The van der Waals surface area contributed by atoms with Gasteiger partial charge in [-0.15, -0.1) is 0 Å². The molecule has 0 saturated heterocycles. The number of anilines is 2. The molecule has 0 saturated carbocycles. The molecule has 0 radical (unpaired) electrons. The Bertz CT molecular complexity index is 684. The van der Waals surface area contributed by atoms with Crippen LogP contribution < -0.4 is 16.4 Å². The second kappa shape index (κ2) is 7.80. The molecule has 4 N–H and O–H groups in total. The van der Waals surface area contributed by atoms with Gasteiger partial charge >= 0.3 is 0 Å². The van der Waals surface area contributed by atoms with Crippen LogP contribution in [0.4, 0.5) is 11.4 Å². The summed E-state index contributed by atoms with van der Waals surface area (Å²) in [7, 11) is 0. The molecule has 1 atom stereocenters. The number of hydrogen-bond donors (Lipinski definition) is 3. The van der Waals surface area contributed by atoms with Gasteiger partial charge in [-0.1, -0.05) is 11.6 Å². The van der Waals surface area contributed by atoms with Gasteiger partial charge in [0.2, 0.25) is 5.91 Å². The van der Waals surface area contributed by atoms with Gasteiger partial charge in [0.1, 0.15) is 0 Å². The maximum absolute atomic E-state index is 12.1. The number of amides is 2. The highest BCUT2D eigenvalue weighted by atomic mass is 35.5. The summed E-state index contributed by atoms with van der Waals surface area (Å²) in [6.07, 6.45) is 2.28. The number of nitrogens with one attached hydrogen (secondary N) is 2. The third kappa shape index (κ3) is 5.12. The van der Waals surface area contributed by atoms with Crippen LogP contribution in [0.3, 0.4) is 0 Å². The topological polar surface area (TPSA) is 97.4 Å². The summed E-state index contributed by atoms with van der Waals surface area (Å²) in [6, 6.07) is 7.92. The van der Waals surface area contributed by atoms with E-state index in [1.165, 1.54) is 6.26 Å². The molecule has 2 rings (SSSR count). The Balaban J connectivity index is 2.11. The summed E-state index contributed by atoms with van der Waals surface area (Å²) in [4.78, 5) is 24.0. The minimum absolute atomic E-state index is 0.0518. The normalized spacial score (nSPS) is 11.8. The third-order valence-corrected chi connectivity index (χ3v) is 3.31. The zero-order valence-corrected chi connectivity index (χ0v) is 13.4. The zero-order valence-electron chi connectivity index (χ0n) is 12.6.